The van der Waals surface area contributed by atoms with Gasteiger partial charge in [0.15, 0.2) is 0 Å². The molecule has 0 radical (unpaired) electrons. The number of hydrogen-bond donors (Lipinski definition) is 2. The lowest BCUT2D eigenvalue weighted by Gasteiger charge is -2.11. The van der Waals surface area contributed by atoms with Crippen molar-refractivity contribution in [2.45, 2.75) is 32.2 Å². The number of hydrogen-bond acceptors (Lipinski definition) is 4. The van der Waals surface area contributed by atoms with Crippen LogP contribution in [-0.2, 0) is 0 Å². The van der Waals surface area contributed by atoms with Gasteiger partial charge >= 0.3 is 0 Å². The number of hydrazine groups is 1. The van der Waals surface area contributed by atoms with E-state index in [4.69, 9.17) is 5.84 Å². The van der Waals surface area contributed by atoms with Gasteiger partial charge < -0.3 is 0 Å². The van der Waals surface area contributed by atoms with Gasteiger partial charge in [0, 0.05) is 5.38 Å². The van der Waals surface area contributed by atoms with Gasteiger partial charge in [0.05, 0.1) is 17.2 Å². The summed E-state index contributed by atoms with van der Waals surface area (Å²) in [4.78, 5) is 4.22. The Bertz CT molecular complexity index is 198. The molecule has 0 aliphatic heterocycles. The third kappa shape index (κ3) is 2.55. The van der Waals surface area contributed by atoms with E-state index in [-0.39, 0.29) is 6.04 Å². The minimum atomic E-state index is 0.233. The summed E-state index contributed by atoms with van der Waals surface area (Å²) < 4.78 is 0. The zero-order valence-corrected chi connectivity index (χ0v) is 8.10. The van der Waals surface area contributed by atoms with Gasteiger partial charge in [-0.25, -0.2) is 4.98 Å². The molecule has 1 aromatic rings. The molecule has 0 saturated heterocycles. The highest BCUT2D eigenvalue weighted by molar-refractivity contribution is 7.07. The van der Waals surface area contributed by atoms with E-state index in [2.05, 4.69) is 17.3 Å². The van der Waals surface area contributed by atoms with Crippen molar-refractivity contribution >= 4 is 11.3 Å². The molecule has 1 heterocycles. The first-order valence-corrected chi connectivity index (χ1v) is 5.17. The van der Waals surface area contributed by atoms with Crippen LogP contribution >= 0.6 is 11.3 Å². The highest BCUT2D eigenvalue weighted by Gasteiger charge is 2.09. The molecule has 1 atom stereocenters. The molecule has 68 valence electrons. The monoisotopic (exact) mass is 185 g/mol. The maximum absolute atomic E-state index is 5.42. The Balaban J connectivity index is 2.45. The molecule has 3 nitrogen and oxygen atoms in total. The van der Waals surface area contributed by atoms with Crippen molar-refractivity contribution in [3.05, 3.63) is 16.6 Å². The molecule has 1 aromatic heterocycles. The number of thiazole rings is 1. The number of aromatic nitrogens is 1. The third-order valence-electron chi connectivity index (χ3n) is 1.86. The van der Waals surface area contributed by atoms with E-state index < -0.39 is 0 Å². The van der Waals surface area contributed by atoms with Crippen LogP contribution in [0, 0.1) is 0 Å². The molecule has 0 fully saturated rings. The largest absolute Gasteiger partial charge is 0.271 e. The van der Waals surface area contributed by atoms with E-state index in [1.54, 1.807) is 11.3 Å². The summed E-state index contributed by atoms with van der Waals surface area (Å²) in [5.74, 6) is 5.42. The minimum absolute atomic E-state index is 0.233. The van der Waals surface area contributed by atoms with Gasteiger partial charge in [-0.1, -0.05) is 19.8 Å². The van der Waals surface area contributed by atoms with Gasteiger partial charge in [-0.05, 0) is 6.42 Å². The van der Waals surface area contributed by atoms with Crippen molar-refractivity contribution in [3.8, 4) is 0 Å². The first kappa shape index (κ1) is 9.64. The molecule has 0 saturated carbocycles. The Kier molecular flexibility index (Phi) is 4.21. The Morgan fingerprint density at radius 3 is 3.08 bits per heavy atom. The summed E-state index contributed by atoms with van der Waals surface area (Å²) in [6.45, 7) is 2.18. The number of nitrogens with zero attached hydrogens (tertiary/aromatic N) is 1. The number of nitrogens with two attached hydrogens (primary N) is 1. The van der Waals surface area contributed by atoms with E-state index in [1.807, 2.05) is 10.9 Å². The number of nitrogens with one attached hydrogen (secondary N) is 1. The van der Waals surface area contributed by atoms with E-state index in [9.17, 15) is 0 Å². The summed E-state index contributed by atoms with van der Waals surface area (Å²) in [7, 11) is 0. The van der Waals surface area contributed by atoms with E-state index in [1.165, 1.54) is 12.8 Å². The predicted octanol–water partition coefficient (Wildman–Crippen LogP) is 1.84. The molecular formula is C8H15N3S. The molecule has 0 spiro atoms. The van der Waals surface area contributed by atoms with Crippen molar-refractivity contribution < 1.29 is 0 Å². The zero-order valence-electron chi connectivity index (χ0n) is 7.29. The Hall–Kier alpha value is -0.450. The van der Waals surface area contributed by atoms with Crippen LogP contribution in [0.3, 0.4) is 0 Å². The molecule has 12 heavy (non-hydrogen) atoms. The average Bonchev–Trinajstić information content (AvgIpc) is 2.59. The Labute approximate surface area is 77.0 Å². The first-order chi connectivity index (χ1) is 5.88. The minimum Gasteiger partial charge on any atom is -0.271 e. The second-order valence-corrected chi connectivity index (χ2v) is 3.49. The third-order valence-corrected chi connectivity index (χ3v) is 2.46. The smallest absolute Gasteiger partial charge is 0.0795 e. The fourth-order valence-electron chi connectivity index (χ4n) is 1.12. The van der Waals surface area contributed by atoms with Crippen LogP contribution in [-0.4, -0.2) is 4.98 Å². The van der Waals surface area contributed by atoms with E-state index >= 15 is 0 Å². The Morgan fingerprint density at radius 2 is 2.58 bits per heavy atom. The van der Waals surface area contributed by atoms with Crippen LogP contribution in [0.25, 0.3) is 0 Å². The normalized spacial score (nSPS) is 13.2. The summed E-state index contributed by atoms with van der Waals surface area (Å²) in [5, 5.41) is 2.04. The molecule has 0 bridgehead atoms. The van der Waals surface area contributed by atoms with Crippen molar-refractivity contribution in [2.75, 3.05) is 0 Å². The zero-order chi connectivity index (χ0) is 8.81. The van der Waals surface area contributed by atoms with E-state index in [0.29, 0.717) is 0 Å². The van der Waals surface area contributed by atoms with Crippen molar-refractivity contribution in [1.29, 1.82) is 0 Å². The van der Waals surface area contributed by atoms with Crippen LogP contribution in [0.15, 0.2) is 10.9 Å². The maximum atomic E-state index is 5.42. The fourth-order valence-corrected chi connectivity index (χ4v) is 1.73. The maximum Gasteiger partial charge on any atom is 0.0795 e. The first-order valence-electron chi connectivity index (χ1n) is 4.22. The fraction of sp³-hybridized carbons (Fsp3) is 0.625. The molecule has 4 heteroatoms. The topological polar surface area (TPSA) is 50.9 Å². The molecule has 3 N–H and O–H groups in total. The van der Waals surface area contributed by atoms with Gasteiger partial charge in [-0.15, -0.1) is 11.3 Å². The molecule has 1 unspecified atom stereocenters. The predicted molar refractivity (Wildman–Crippen MR) is 51.7 cm³/mol. The molecule has 0 aromatic carbocycles. The van der Waals surface area contributed by atoms with Crippen LogP contribution < -0.4 is 11.3 Å². The van der Waals surface area contributed by atoms with Gasteiger partial charge in [0.1, 0.15) is 0 Å². The quantitative estimate of drug-likeness (QED) is 0.543. The highest BCUT2D eigenvalue weighted by Crippen LogP contribution is 2.17. The number of unbranched alkanes of at least 4 members (excludes halogenated alkanes) is 1. The lowest BCUT2D eigenvalue weighted by Crippen LogP contribution is -2.28. The number of rotatable bonds is 5. The standard InChI is InChI=1S/C8H15N3S/c1-2-3-4-7(11-9)8-5-12-6-10-8/h5-7,11H,2-4,9H2,1H3. The van der Waals surface area contributed by atoms with Gasteiger partial charge in [0.25, 0.3) is 0 Å². The van der Waals surface area contributed by atoms with Crippen LogP contribution in [0.1, 0.15) is 37.9 Å². The van der Waals surface area contributed by atoms with Gasteiger partial charge in [0.2, 0.25) is 0 Å². The SMILES string of the molecule is CCCCC(NN)c1cscn1. The summed E-state index contributed by atoms with van der Waals surface area (Å²) in [6.07, 6.45) is 3.45. The van der Waals surface area contributed by atoms with E-state index in [0.717, 1.165) is 12.1 Å². The Morgan fingerprint density at radius 1 is 1.75 bits per heavy atom. The summed E-state index contributed by atoms with van der Waals surface area (Å²) in [5.41, 5.74) is 5.69. The van der Waals surface area contributed by atoms with Crippen molar-refractivity contribution in [2.24, 2.45) is 5.84 Å². The molecule has 0 aliphatic carbocycles. The van der Waals surface area contributed by atoms with Crippen molar-refractivity contribution in [3.63, 3.8) is 0 Å². The van der Waals surface area contributed by atoms with Crippen LogP contribution in [0.4, 0.5) is 0 Å². The molecular weight excluding hydrogens is 170 g/mol. The molecule has 0 aliphatic rings. The van der Waals surface area contributed by atoms with Gasteiger partial charge in [-0.2, -0.15) is 0 Å². The van der Waals surface area contributed by atoms with Crippen LogP contribution in [0.2, 0.25) is 0 Å². The summed E-state index contributed by atoms with van der Waals surface area (Å²) in [6, 6.07) is 0.233. The average molecular weight is 185 g/mol. The lowest BCUT2D eigenvalue weighted by molar-refractivity contribution is 0.487. The summed E-state index contributed by atoms with van der Waals surface area (Å²) >= 11 is 1.61. The second kappa shape index (κ2) is 5.24. The highest BCUT2D eigenvalue weighted by atomic mass is 32.1. The molecule has 0 amide bonds. The van der Waals surface area contributed by atoms with Crippen molar-refractivity contribution in [1.82, 2.24) is 10.4 Å². The second-order valence-electron chi connectivity index (χ2n) is 2.77. The van der Waals surface area contributed by atoms with Crippen LogP contribution in [0.5, 0.6) is 0 Å². The molecule has 1 rings (SSSR count). The van der Waals surface area contributed by atoms with Gasteiger partial charge in [-0.3, -0.25) is 11.3 Å². The lowest BCUT2D eigenvalue weighted by atomic mass is 10.1.